The number of rotatable bonds is 5. The van der Waals surface area contributed by atoms with Crippen LogP contribution in [-0.4, -0.2) is 37.2 Å². The Hall–Kier alpha value is -3.19. The fourth-order valence-electron chi connectivity index (χ4n) is 3.10. The van der Waals surface area contributed by atoms with Crippen LogP contribution in [0.25, 0.3) is 34.2 Å². The van der Waals surface area contributed by atoms with E-state index < -0.39 is 37.6 Å². The zero-order valence-corrected chi connectivity index (χ0v) is 19.1. The Balaban J connectivity index is 1.73. The van der Waals surface area contributed by atoms with Gasteiger partial charge in [0.15, 0.2) is 0 Å². The third-order valence-electron chi connectivity index (χ3n) is 5.09. The molecule has 0 saturated heterocycles. The van der Waals surface area contributed by atoms with Gasteiger partial charge in [-0.3, -0.25) is 0 Å². The van der Waals surface area contributed by atoms with E-state index in [2.05, 4.69) is 10.1 Å². The molecule has 0 spiro atoms. The summed E-state index contributed by atoms with van der Waals surface area (Å²) in [6.07, 6.45) is -4.85. The highest BCUT2D eigenvalue weighted by Gasteiger charge is 2.40. The highest BCUT2D eigenvalue weighted by Crippen LogP contribution is 2.43. The molecular weight excluding hydrogens is 499 g/mol. The maximum Gasteiger partial charge on any atom is 0.450 e. The van der Waals surface area contributed by atoms with Crippen molar-refractivity contribution in [1.82, 2.24) is 14.0 Å². The van der Waals surface area contributed by atoms with Gasteiger partial charge in [0.05, 0.1) is 24.7 Å². The predicted octanol–water partition coefficient (Wildman–Crippen LogP) is 5.36. The van der Waals surface area contributed by atoms with E-state index in [9.17, 15) is 26.1 Å². The minimum atomic E-state index is -4.85. The number of hydrogen-bond acceptors (Lipinski definition) is 7. The number of alkyl halides is 3. The summed E-state index contributed by atoms with van der Waals surface area (Å²) in [4.78, 5) is 4.04. The zero-order valence-electron chi connectivity index (χ0n) is 17.5. The lowest BCUT2D eigenvalue weighted by Gasteiger charge is -2.30. The SMILES string of the molecule is C[N+](C)(c1ccc(-c2noc(-c3cc(-c4ccccc4Cl)oc3C(F)(F)F)n2)cc1)S(=O)(=O)[O-]. The Kier molecular flexibility index (Phi) is 5.80. The molecule has 8 nitrogen and oxygen atoms in total. The fraction of sp³-hybridized carbons (Fsp3) is 0.143. The number of aromatic nitrogens is 2. The Labute approximate surface area is 196 Å². The third kappa shape index (κ3) is 4.32. The molecule has 2 heterocycles. The molecule has 13 heteroatoms. The smallest absolute Gasteiger partial charge is 0.450 e. The van der Waals surface area contributed by atoms with Gasteiger partial charge in [0, 0.05) is 23.3 Å². The summed E-state index contributed by atoms with van der Waals surface area (Å²) in [5.41, 5.74) is 0.282. The first-order valence-corrected chi connectivity index (χ1v) is 11.2. The van der Waals surface area contributed by atoms with Crippen LogP contribution in [0.4, 0.5) is 18.9 Å². The molecule has 0 aliphatic carbocycles. The van der Waals surface area contributed by atoms with Crippen LogP contribution in [0, 0.1) is 0 Å². The van der Waals surface area contributed by atoms with Gasteiger partial charge in [-0.2, -0.15) is 26.6 Å². The van der Waals surface area contributed by atoms with E-state index >= 15 is 0 Å². The first-order chi connectivity index (χ1) is 15.8. The van der Waals surface area contributed by atoms with Gasteiger partial charge in [-0.05, 0) is 30.3 Å². The molecule has 4 aromatic rings. The lowest BCUT2D eigenvalue weighted by Crippen LogP contribution is -2.46. The monoisotopic (exact) mass is 513 g/mol. The van der Waals surface area contributed by atoms with Crippen molar-refractivity contribution < 1.29 is 35.1 Å². The van der Waals surface area contributed by atoms with Gasteiger partial charge >= 0.3 is 6.18 Å². The van der Waals surface area contributed by atoms with E-state index in [-0.39, 0.29) is 27.9 Å². The molecule has 4 rings (SSSR count). The van der Waals surface area contributed by atoms with Crippen molar-refractivity contribution in [1.29, 1.82) is 0 Å². The van der Waals surface area contributed by atoms with Crippen LogP contribution >= 0.6 is 11.6 Å². The molecule has 0 aliphatic heterocycles. The van der Waals surface area contributed by atoms with Gasteiger partial charge in [-0.25, -0.2) is 3.89 Å². The van der Waals surface area contributed by atoms with E-state index in [0.29, 0.717) is 5.56 Å². The molecule has 0 saturated carbocycles. The summed E-state index contributed by atoms with van der Waals surface area (Å²) < 4.78 is 84.6. The summed E-state index contributed by atoms with van der Waals surface area (Å²) in [5, 5.41) is 3.92. The molecule has 178 valence electrons. The van der Waals surface area contributed by atoms with Crippen molar-refractivity contribution in [2.75, 3.05) is 14.1 Å². The second kappa shape index (κ2) is 8.24. The van der Waals surface area contributed by atoms with Crippen molar-refractivity contribution in [3.63, 3.8) is 0 Å². The summed E-state index contributed by atoms with van der Waals surface area (Å²) in [6, 6.07) is 12.9. The normalized spacial score (nSPS) is 12.8. The first-order valence-electron chi connectivity index (χ1n) is 9.50. The van der Waals surface area contributed by atoms with Crippen LogP contribution in [0.5, 0.6) is 0 Å². The van der Waals surface area contributed by atoms with Crippen LogP contribution in [0.2, 0.25) is 5.02 Å². The van der Waals surface area contributed by atoms with Crippen LogP contribution in [0.3, 0.4) is 0 Å². The standard InChI is InChI=1S/C21H15ClF3N3O5S/c1-28(2,34(29,30)31)13-9-7-12(8-10-13)19-26-20(33-27-19)15-11-17(32-18(15)21(23,24)25)14-5-3-4-6-16(14)22/h3-11H,1-2H3. The molecule has 0 radical (unpaired) electrons. The number of nitrogens with zero attached hydrogens (tertiary/aromatic N) is 3. The van der Waals surface area contributed by atoms with Crippen molar-refractivity contribution in [3.8, 4) is 34.2 Å². The number of furan rings is 1. The second-order valence-corrected chi connectivity index (χ2v) is 9.76. The Morgan fingerprint density at radius 1 is 1.03 bits per heavy atom. The summed E-state index contributed by atoms with van der Waals surface area (Å²) in [5.74, 6) is -1.94. The topological polar surface area (TPSA) is 109 Å². The molecular formula is C21H15ClF3N3O5S. The van der Waals surface area contributed by atoms with E-state index in [1.54, 1.807) is 12.1 Å². The van der Waals surface area contributed by atoms with Crippen molar-refractivity contribution in [3.05, 3.63) is 65.4 Å². The van der Waals surface area contributed by atoms with E-state index in [0.717, 1.165) is 6.07 Å². The summed E-state index contributed by atoms with van der Waals surface area (Å²) >= 11 is 6.09. The molecule has 0 aliphatic rings. The van der Waals surface area contributed by atoms with Crippen LogP contribution in [-0.2, 0) is 16.5 Å². The van der Waals surface area contributed by atoms with E-state index in [1.165, 1.54) is 50.5 Å². The molecule has 0 bridgehead atoms. The number of quaternary nitrogens is 1. The minimum Gasteiger partial charge on any atom is -0.701 e. The van der Waals surface area contributed by atoms with Crippen molar-refractivity contribution in [2.24, 2.45) is 0 Å². The maximum absolute atomic E-state index is 13.7. The molecule has 0 N–H and O–H groups in total. The average Bonchev–Trinajstić information content (AvgIpc) is 3.41. The third-order valence-corrected chi connectivity index (χ3v) is 6.75. The average molecular weight is 514 g/mol. The van der Waals surface area contributed by atoms with Crippen LogP contribution in [0.1, 0.15) is 5.76 Å². The molecule has 0 unspecified atom stereocenters. The second-order valence-electron chi connectivity index (χ2n) is 7.58. The predicted molar refractivity (Wildman–Crippen MR) is 116 cm³/mol. The van der Waals surface area contributed by atoms with Gasteiger partial charge in [0.25, 0.3) is 16.2 Å². The van der Waals surface area contributed by atoms with Gasteiger partial charge in [-0.1, -0.05) is 28.9 Å². The zero-order chi connectivity index (χ0) is 24.9. The molecule has 2 aromatic heterocycles. The highest BCUT2D eigenvalue weighted by molar-refractivity contribution is 7.85. The Morgan fingerprint density at radius 3 is 2.26 bits per heavy atom. The minimum absolute atomic E-state index is 0.0505. The van der Waals surface area contributed by atoms with Crippen LogP contribution in [0.15, 0.2) is 63.5 Å². The molecule has 0 amide bonds. The lowest BCUT2D eigenvalue weighted by molar-refractivity contribution is -0.152. The fourth-order valence-corrected chi connectivity index (χ4v) is 3.71. The quantitative estimate of drug-likeness (QED) is 0.261. The first kappa shape index (κ1) is 24.0. The molecule has 0 fully saturated rings. The molecule has 2 aromatic carbocycles. The maximum atomic E-state index is 13.7. The van der Waals surface area contributed by atoms with E-state index in [4.69, 9.17) is 20.5 Å². The highest BCUT2D eigenvalue weighted by atomic mass is 35.5. The van der Waals surface area contributed by atoms with Crippen molar-refractivity contribution >= 4 is 27.6 Å². The lowest BCUT2D eigenvalue weighted by atomic mass is 10.1. The molecule has 0 atom stereocenters. The van der Waals surface area contributed by atoms with Gasteiger partial charge in [0.1, 0.15) is 11.4 Å². The van der Waals surface area contributed by atoms with Crippen molar-refractivity contribution in [2.45, 2.75) is 6.18 Å². The summed E-state index contributed by atoms with van der Waals surface area (Å²) in [6.45, 7) is 0. The number of hydrogen-bond donors (Lipinski definition) is 0. The number of benzene rings is 2. The summed E-state index contributed by atoms with van der Waals surface area (Å²) in [7, 11) is -2.28. The largest absolute Gasteiger partial charge is 0.701 e. The number of halogens is 4. The van der Waals surface area contributed by atoms with Gasteiger partial charge in [0.2, 0.25) is 11.6 Å². The van der Waals surface area contributed by atoms with Gasteiger partial charge < -0.3 is 13.5 Å². The van der Waals surface area contributed by atoms with Gasteiger partial charge in [-0.15, -0.1) is 0 Å². The Bertz CT molecular complexity index is 1460. The van der Waals surface area contributed by atoms with Crippen LogP contribution < -0.4 is 3.89 Å². The van der Waals surface area contributed by atoms with E-state index in [1.807, 2.05) is 0 Å². The Morgan fingerprint density at radius 2 is 1.68 bits per heavy atom. The molecule has 34 heavy (non-hydrogen) atoms.